The molecule has 1 saturated heterocycles. The second-order valence-electron chi connectivity index (χ2n) is 5.03. The quantitative estimate of drug-likeness (QED) is 0.830. The maximum atomic E-state index is 5.29. The third-order valence-corrected chi connectivity index (χ3v) is 3.91. The van der Waals surface area contributed by atoms with E-state index in [4.69, 9.17) is 4.74 Å². The van der Waals surface area contributed by atoms with E-state index in [-0.39, 0.29) is 0 Å². The average molecular weight is 245 g/mol. The Kier molecular flexibility index (Phi) is 2.96. The van der Waals surface area contributed by atoms with Crippen molar-refractivity contribution in [1.82, 2.24) is 14.7 Å². The second kappa shape index (κ2) is 4.61. The number of aromatic nitrogens is 2. The Hall–Kier alpha value is -1.55. The van der Waals surface area contributed by atoms with Crippen LogP contribution in [0.15, 0.2) is 24.4 Å². The third kappa shape index (κ3) is 1.97. The lowest BCUT2D eigenvalue weighted by atomic mass is 10.2. The van der Waals surface area contributed by atoms with Crippen LogP contribution < -0.4 is 4.74 Å². The van der Waals surface area contributed by atoms with E-state index in [1.165, 1.54) is 24.8 Å². The Labute approximate surface area is 107 Å². The van der Waals surface area contributed by atoms with Gasteiger partial charge in [-0.05, 0) is 38.6 Å². The fourth-order valence-corrected chi connectivity index (χ4v) is 2.73. The molecule has 4 nitrogen and oxygen atoms in total. The molecule has 0 unspecified atom stereocenters. The van der Waals surface area contributed by atoms with Gasteiger partial charge in [-0.3, -0.25) is 4.68 Å². The summed E-state index contributed by atoms with van der Waals surface area (Å²) >= 11 is 0. The summed E-state index contributed by atoms with van der Waals surface area (Å²) in [5.41, 5.74) is 1.16. The van der Waals surface area contributed by atoms with Crippen LogP contribution >= 0.6 is 0 Å². The van der Waals surface area contributed by atoms with Crippen molar-refractivity contribution in [2.24, 2.45) is 0 Å². The molecular formula is C14H19N3O. The van der Waals surface area contributed by atoms with Crippen LogP contribution in [-0.4, -0.2) is 41.4 Å². The first-order valence-corrected chi connectivity index (χ1v) is 6.48. The van der Waals surface area contributed by atoms with E-state index in [0.29, 0.717) is 6.04 Å². The van der Waals surface area contributed by atoms with E-state index in [1.807, 2.05) is 12.3 Å². The van der Waals surface area contributed by atoms with Gasteiger partial charge >= 0.3 is 0 Å². The summed E-state index contributed by atoms with van der Waals surface area (Å²) in [6.45, 7) is 2.17. The van der Waals surface area contributed by atoms with Crippen molar-refractivity contribution in [3.05, 3.63) is 24.4 Å². The Morgan fingerprint density at radius 1 is 1.44 bits per heavy atom. The molecule has 2 aromatic rings. The highest BCUT2D eigenvalue weighted by atomic mass is 16.5. The van der Waals surface area contributed by atoms with Crippen LogP contribution in [0.25, 0.3) is 10.9 Å². The molecule has 0 saturated carbocycles. The number of likely N-dealkylation sites (N-methyl/N-ethyl adjacent to an activating group) is 1. The van der Waals surface area contributed by atoms with Gasteiger partial charge < -0.3 is 9.64 Å². The SMILES string of the molecule is COc1ccc2cnn(C[C@@H]3CCCN3C)c2c1. The minimum atomic E-state index is 0.610. The van der Waals surface area contributed by atoms with Gasteiger partial charge in [0.2, 0.25) is 0 Å². The van der Waals surface area contributed by atoms with Crippen LogP contribution in [0, 0.1) is 0 Å². The molecule has 18 heavy (non-hydrogen) atoms. The van der Waals surface area contributed by atoms with Crippen LogP contribution in [-0.2, 0) is 6.54 Å². The highest BCUT2D eigenvalue weighted by Gasteiger charge is 2.21. The number of methoxy groups -OCH3 is 1. The van der Waals surface area contributed by atoms with Crippen molar-refractivity contribution in [1.29, 1.82) is 0 Å². The Balaban J connectivity index is 1.91. The average Bonchev–Trinajstić information content (AvgIpc) is 2.97. The molecule has 1 fully saturated rings. The van der Waals surface area contributed by atoms with E-state index >= 15 is 0 Å². The number of nitrogens with zero attached hydrogens (tertiary/aromatic N) is 3. The summed E-state index contributed by atoms with van der Waals surface area (Å²) in [6, 6.07) is 6.72. The summed E-state index contributed by atoms with van der Waals surface area (Å²) in [5, 5.41) is 5.68. The second-order valence-corrected chi connectivity index (χ2v) is 5.03. The monoisotopic (exact) mass is 245 g/mol. The zero-order valence-corrected chi connectivity index (χ0v) is 11.0. The van der Waals surface area contributed by atoms with Gasteiger partial charge in [0, 0.05) is 17.5 Å². The minimum absolute atomic E-state index is 0.610. The zero-order valence-electron chi connectivity index (χ0n) is 11.0. The zero-order chi connectivity index (χ0) is 12.5. The molecule has 0 radical (unpaired) electrons. The molecule has 1 atom stereocenters. The van der Waals surface area contributed by atoms with Crippen molar-refractivity contribution in [2.75, 3.05) is 20.7 Å². The molecule has 0 aliphatic carbocycles. The molecule has 3 rings (SSSR count). The highest BCUT2D eigenvalue weighted by molar-refractivity contribution is 5.80. The molecule has 4 heteroatoms. The Morgan fingerprint density at radius 3 is 3.06 bits per heavy atom. The van der Waals surface area contributed by atoms with Crippen molar-refractivity contribution in [3.63, 3.8) is 0 Å². The summed E-state index contributed by atoms with van der Waals surface area (Å²) in [5.74, 6) is 0.893. The molecule has 1 aliphatic rings. The lowest BCUT2D eigenvalue weighted by Crippen LogP contribution is -2.29. The van der Waals surface area contributed by atoms with Crippen LogP contribution in [0.5, 0.6) is 5.75 Å². The predicted octanol–water partition coefficient (Wildman–Crippen LogP) is 2.14. The summed E-state index contributed by atoms with van der Waals surface area (Å²) in [4.78, 5) is 2.42. The fourth-order valence-electron chi connectivity index (χ4n) is 2.73. The van der Waals surface area contributed by atoms with E-state index in [1.54, 1.807) is 7.11 Å². The molecule has 1 aromatic heterocycles. The van der Waals surface area contributed by atoms with Crippen LogP contribution in [0.1, 0.15) is 12.8 Å². The Morgan fingerprint density at radius 2 is 2.33 bits per heavy atom. The number of fused-ring (bicyclic) bond motifs is 1. The van der Waals surface area contributed by atoms with Gasteiger partial charge in [-0.2, -0.15) is 5.10 Å². The lowest BCUT2D eigenvalue weighted by molar-refractivity contribution is 0.277. The van der Waals surface area contributed by atoms with Gasteiger partial charge in [-0.15, -0.1) is 0 Å². The number of hydrogen-bond donors (Lipinski definition) is 0. The first-order chi connectivity index (χ1) is 8.78. The number of likely N-dealkylation sites (tertiary alicyclic amines) is 1. The van der Waals surface area contributed by atoms with Crippen molar-refractivity contribution < 1.29 is 4.74 Å². The van der Waals surface area contributed by atoms with Gasteiger partial charge in [0.25, 0.3) is 0 Å². The van der Waals surface area contributed by atoms with Crippen molar-refractivity contribution >= 4 is 10.9 Å². The van der Waals surface area contributed by atoms with Crippen LogP contribution in [0.4, 0.5) is 0 Å². The van der Waals surface area contributed by atoms with Crippen molar-refractivity contribution in [3.8, 4) is 5.75 Å². The van der Waals surface area contributed by atoms with E-state index in [0.717, 1.165) is 17.8 Å². The number of benzene rings is 1. The summed E-state index contributed by atoms with van der Waals surface area (Å²) < 4.78 is 7.39. The van der Waals surface area contributed by atoms with Crippen molar-refractivity contribution in [2.45, 2.75) is 25.4 Å². The predicted molar refractivity (Wildman–Crippen MR) is 71.9 cm³/mol. The number of ether oxygens (including phenoxy) is 1. The van der Waals surface area contributed by atoms with E-state index in [9.17, 15) is 0 Å². The molecule has 1 aliphatic heterocycles. The van der Waals surface area contributed by atoms with Gasteiger partial charge in [-0.25, -0.2) is 0 Å². The largest absolute Gasteiger partial charge is 0.497 e. The van der Waals surface area contributed by atoms with E-state index in [2.05, 4.69) is 33.9 Å². The lowest BCUT2D eigenvalue weighted by Gasteiger charge is -2.19. The standard InChI is InChI=1S/C14H19N3O/c1-16-7-3-4-12(16)10-17-14-8-13(18-2)6-5-11(14)9-15-17/h5-6,8-9,12H,3-4,7,10H2,1-2H3/t12-/m0/s1. The first kappa shape index (κ1) is 11.5. The summed E-state index contributed by atoms with van der Waals surface area (Å²) in [6.07, 6.45) is 4.50. The van der Waals surface area contributed by atoms with Gasteiger partial charge in [0.05, 0.1) is 25.4 Å². The molecule has 0 amide bonds. The molecule has 0 N–H and O–H groups in total. The molecule has 96 valence electrons. The maximum Gasteiger partial charge on any atom is 0.121 e. The number of rotatable bonds is 3. The normalized spacial score (nSPS) is 20.7. The van der Waals surface area contributed by atoms with Crippen LogP contribution in [0.3, 0.4) is 0 Å². The van der Waals surface area contributed by atoms with Crippen LogP contribution in [0.2, 0.25) is 0 Å². The smallest absolute Gasteiger partial charge is 0.121 e. The van der Waals surface area contributed by atoms with Gasteiger partial charge in [0.1, 0.15) is 5.75 Å². The maximum absolute atomic E-state index is 5.29. The fraction of sp³-hybridized carbons (Fsp3) is 0.500. The van der Waals surface area contributed by atoms with Gasteiger partial charge in [-0.1, -0.05) is 0 Å². The molecule has 2 heterocycles. The molecule has 0 spiro atoms. The minimum Gasteiger partial charge on any atom is -0.497 e. The molecule has 0 bridgehead atoms. The molecule has 1 aromatic carbocycles. The topological polar surface area (TPSA) is 30.3 Å². The molecular weight excluding hydrogens is 226 g/mol. The summed E-state index contributed by atoms with van der Waals surface area (Å²) in [7, 11) is 3.90. The first-order valence-electron chi connectivity index (χ1n) is 6.48. The van der Waals surface area contributed by atoms with Gasteiger partial charge in [0.15, 0.2) is 0 Å². The Bertz CT molecular complexity index is 549. The van der Waals surface area contributed by atoms with E-state index < -0.39 is 0 Å². The number of hydrogen-bond acceptors (Lipinski definition) is 3. The highest BCUT2D eigenvalue weighted by Crippen LogP contribution is 2.23. The third-order valence-electron chi connectivity index (χ3n) is 3.91.